The van der Waals surface area contributed by atoms with Gasteiger partial charge in [-0.1, -0.05) is 41.2 Å². The molecule has 12 nitrogen and oxygen atoms in total. The number of rotatable bonds is 12. The molecule has 4 heterocycles. The number of nitrogens with one attached hydrogen (secondary N) is 4. The van der Waals surface area contributed by atoms with E-state index in [4.69, 9.17) is 0 Å². The zero-order valence-corrected chi connectivity index (χ0v) is 28.5. The second-order valence-corrected chi connectivity index (χ2v) is 15.4. The molecule has 3 atom stereocenters. The number of halogens is 4. The van der Waals surface area contributed by atoms with Crippen LogP contribution in [0, 0.1) is 0 Å². The van der Waals surface area contributed by atoms with Crippen molar-refractivity contribution < 1.29 is 27.2 Å². The zero-order chi connectivity index (χ0) is 34.9. The fourth-order valence-corrected chi connectivity index (χ4v) is 8.53. The highest BCUT2D eigenvalue weighted by molar-refractivity contribution is 7.15. The molecule has 3 aromatic heterocycles. The number of allylic oxidation sites excluding steroid dienone is 1. The van der Waals surface area contributed by atoms with Gasteiger partial charge in [0.1, 0.15) is 22.0 Å². The molecule has 3 aromatic rings. The molecule has 0 bridgehead atoms. The largest absolute Gasteiger partial charge is 0.367 e. The molecule has 3 aliphatic carbocycles. The number of amides is 2. The van der Waals surface area contributed by atoms with Crippen LogP contribution in [0.25, 0.3) is 0 Å². The summed E-state index contributed by atoms with van der Waals surface area (Å²) in [7, 11) is 0. The molecule has 266 valence electrons. The van der Waals surface area contributed by atoms with Crippen LogP contribution in [0.4, 0.5) is 33.6 Å². The van der Waals surface area contributed by atoms with E-state index in [0.29, 0.717) is 33.9 Å². The summed E-state index contributed by atoms with van der Waals surface area (Å²) >= 11 is 2.67. The maximum Gasteiger partial charge on any atom is 0.252 e. The average Bonchev–Trinajstić information content (AvgIpc) is 3.70. The molecule has 3 fully saturated rings. The van der Waals surface area contributed by atoms with Crippen molar-refractivity contribution in [1.29, 1.82) is 0 Å². The molecular formula is C32H36F4N10O2S2. The lowest BCUT2D eigenvalue weighted by Gasteiger charge is -2.37. The van der Waals surface area contributed by atoms with Crippen molar-refractivity contribution in [3.05, 3.63) is 46.1 Å². The maximum absolute atomic E-state index is 13.2. The van der Waals surface area contributed by atoms with Gasteiger partial charge in [-0.05, 0) is 37.5 Å². The van der Waals surface area contributed by atoms with Crippen LogP contribution in [0.1, 0.15) is 91.8 Å². The van der Waals surface area contributed by atoms with E-state index >= 15 is 0 Å². The van der Waals surface area contributed by atoms with Crippen LogP contribution < -0.4 is 21.3 Å². The quantitative estimate of drug-likeness (QED) is 0.163. The third-order valence-corrected chi connectivity index (χ3v) is 11.2. The van der Waals surface area contributed by atoms with E-state index in [0.717, 1.165) is 35.7 Å². The topological polar surface area (TPSA) is 159 Å². The first kappa shape index (κ1) is 34.5. The molecule has 3 saturated carbocycles. The van der Waals surface area contributed by atoms with Crippen molar-refractivity contribution in [2.75, 3.05) is 16.0 Å². The van der Waals surface area contributed by atoms with Gasteiger partial charge >= 0.3 is 0 Å². The lowest BCUT2D eigenvalue weighted by molar-refractivity contribution is -0.116. The van der Waals surface area contributed by atoms with Gasteiger partial charge in [0.25, 0.3) is 11.8 Å². The van der Waals surface area contributed by atoms with Crippen LogP contribution in [-0.4, -0.2) is 73.0 Å². The van der Waals surface area contributed by atoms with Gasteiger partial charge in [-0.3, -0.25) is 19.9 Å². The summed E-state index contributed by atoms with van der Waals surface area (Å²) in [6, 6.07) is 4.53. The van der Waals surface area contributed by atoms with E-state index in [2.05, 4.69) is 51.6 Å². The monoisotopic (exact) mass is 732 g/mol. The Hall–Kier alpha value is -3.90. The number of aliphatic imine (C=N–C) groups is 1. The van der Waals surface area contributed by atoms with Gasteiger partial charge in [-0.25, -0.2) is 22.5 Å². The van der Waals surface area contributed by atoms with Crippen molar-refractivity contribution in [1.82, 2.24) is 30.7 Å². The first-order chi connectivity index (χ1) is 23.9. The highest BCUT2D eigenvalue weighted by atomic mass is 32.1. The number of aromatic nitrogens is 5. The standard InChI is InChI=1S/C32H36F4N10O2S2/c33-31(34)13-21(14-31)39-23-8-2-6-19(37-23)11-25(47)41-29-45-43-27(49-29)17-4-1-5-18(10-17)28-44-46-30(50-28)42-26(48)12-20-7-3-9-24(38-20)40-22-15-32(35,36)16-22/h2-3,6-8,17-18,21-22,24,40H,1,4-5,9-16H2,(H,37,39)(H,41,45,47)(H,42,46,48). The molecule has 4 N–H and O–H groups in total. The molecule has 0 spiro atoms. The molecule has 2 amide bonds. The normalized spacial score (nSPS) is 24.5. The number of dihydropyridines is 1. The number of hydrogen-bond donors (Lipinski definition) is 4. The molecule has 50 heavy (non-hydrogen) atoms. The molecule has 0 saturated heterocycles. The number of hydrogen-bond acceptors (Lipinski definition) is 12. The molecule has 0 radical (unpaired) electrons. The Morgan fingerprint density at radius 3 is 2.08 bits per heavy atom. The predicted molar refractivity (Wildman–Crippen MR) is 181 cm³/mol. The Balaban J connectivity index is 0.872. The van der Waals surface area contributed by atoms with Crippen molar-refractivity contribution in [3.63, 3.8) is 0 Å². The number of pyridine rings is 1. The number of anilines is 3. The van der Waals surface area contributed by atoms with E-state index in [1.807, 2.05) is 6.08 Å². The van der Waals surface area contributed by atoms with Crippen molar-refractivity contribution in [2.45, 2.75) is 113 Å². The lowest BCUT2D eigenvalue weighted by Crippen LogP contribution is -2.51. The Kier molecular flexibility index (Phi) is 9.93. The Morgan fingerprint density at radius 1 is 0.820 bits per heavy atom. The van der Waals surface area contributed by atoms with Gasteiger partial charge < -0.3 is 16.0 Å². The van der Waals surface area contributed by atoms with Gasteiger partial charge in [0.2, 0.25) is 22.1 Å². The van der Waals surface area contributed by atoms with E-state index < -0.39 is 11.8 Å². The van der Waals surface area contributed by atoms with Gasteiger partial charge in [0.05, 0.1) is 18.5 Å². The minimum Gasteiger partial charge on any atom is -0.367 e. The van der Waals surface area contributed by atoms with Crippen molar-refractivity contribution in [3.8, 4) is 0 Å². The number of alkyl halides is 4. The summed E-state index contributed by atoms with van der Waals surface area (Å²) in [6.07, 6.45) is 6.72. The number of carbonyl (C=O) groups excluding carboxylic acids is 2. The van der Waals surface area contributed by atoms with Crippen LogP contribution >= 0.6 is 22.7 Å². The van der Waals surface area contributed by atoms with Gasteiger partial charge in [0.15, 0.2) is 0 Å². The number of carbonyl (C=O) groups is 2. The van der Waals surface area contributed by atoms with Crippen LogP contribution in [0.15, 0.2) is 35.3 Å². The fraction of sp³-hybridized carbons (Fsp3) is 0.562. The fourth-order valence-electron chi connectivity index (χ4n) is 6.72. The molecule has 7 rings (SSSR count). The molecule has 18 heteroatoms. The van der Waals surface area contributed by atoms with Crippen LogP contribution in [0.2, 0.25) is 0 Å². The maximum atomic E-state index is 13.2. The van der Waals surface area contributed by atoms with Gasteiger partial charge in [0, 0.05) is 61.7 Å². The zero-order valence-electron chi connectivity index (χ0n) is 26.9. The Morgan fingerprint density at radius 2 is 1.44 bits per heavy atom. The molecule has 1 aliphatic heterocycles. The SMILES string of the molecule is O=C(CC1=NC(NC2CC(F)(F)C2)CC=C1)Nc1nnc(C2CCCC(c3nnc(NC(=O)Cc4cccc(NC5CC(F)(F)C5)n4)s3)C2)s1. The summed E-state index contributed by atoms with van der Waals surface area (Å²) in [5, 5.41) is 31.3. The minimum atomic E-state index is -2.63. The summed E-state index contributed by atoms with van der Waals surface area (Å²) in [4.78, 5) is 34.4. The van der Waals surface area contributed by atoms with E-state index in [1.54, 1.807) is 24.3 Å². The van der Waals surface area contributed by atoms with Crippen molar-refractivity contribution >= 4 is 56.3 Å². The average molecular weight is 733 g/mol. The van der Waals surface area contributed by atoms with E-state index in [1.165, 1.54) is 22.7 Å². The van der Waals surface area contributed by atoms with Crippen LogP contribution in [0.3, 0.4) is 0 Å². The summed E-state index contributed by atoms with van der Waals surface area (Å²) in [5.41, 5.74) is 1.08. The predicted octanol–water partition coefficient (Wildman–Crippen LogP) is 6.06. The van der Waals surface area contributed by atoms with Crippen LogP contribution in [0.5, 0.6) is 0 Å². The molecule has 0 aromatic carbocycles. The van der Waals surface area contributed by atoms with E-state index in [-0.39, 0.29) is 80.4 Å². The molecule has 3 unspecified atom stereocenters. The first-order valence-corrected chi connectivity index (χ1v) is 18.3. The lowest BCUT2D eigenvalue weighted by atomic mass is 9.82. The highest BCUT2D eigenvalue weighted by Crippen LogP contribution is 2.44. The molecule has 4 aliphatic rings. The first-order valence-electron chi connectivity index (χ1n) is 16.7. The summed E-state index contributed by atoms with van der Waals surface area (Å²) in [6.45, 7) is 0. The highest BCUT2D eigenvalue weighted by Gasteiger charge is 2.46. The van der Waals surface area contributed by atoms with Gasteiger partial charge in [-0.2, -0.15) is 0 Å². The summed E-state index contributed by atoms with van der Waals surface area (Å²) < 4.78 is 52.7. The minimum absolute atomic E-state index is 0.000606. The second-order valence-electron chi connectivity index (χ2n) is 13.4. The third-order valence-electron chi connectivity index (χ3n) is 9.19. The van der Waals surface area contributed by atoms with Gasteiger partial charge in [-0.15, -0.1) is 20.4 Å². The number of nitrogens with zero attached hydrogens (tertiary/aromatic N) is 6. The Labute approximate surface area is 293 Å². The molecular weight excluding hydrogens is 697 g/mol. The second kappa shape index (κ2) is 14.4. The third kappa shape index (κ3) is 8.87. The van der Waals surface area contributed by atoms with Crippen molar-refractivity contribution in [2.24, 2.45) is 4.99 Å². The van der Waals surface area contributed by atoms with E-state index in [9.17, 15) is 27.2 Å². The smallest absolute Gasteiger partial charge is 0.252 e. The van der Waals surface area contributed by atoms with Crippen LogP contribution in [-0.2, 0) is 16.0 Å². The summed E-state index contributed by atoms with van der Waals surface area (Å²) in [5.74, 6) is -5.10. The Bertz CT molecular complexity index is 1770.